The van der Waals surface area contributed by atoms with Crippen molar-refractivity contribution in [2.75, 3.05) is 55.9 Å². The van der Waals surface area contributed by atoms with Gasteiger partial charge in [-0.05, 0) is 102 Å². The molecule has 6 N–H and O–H groups in total. The molecule has 1 saturated heterocycles. The van der Waals surface area contributed by atoms with E-state index in [4.69, 9.17) is 0 Å². The number of aliphatic hydroxyl groups excluding tert-OH is 1. The molecule has 12 atom stereocenters. The zero-order valence-corrected chi connectivity index (χ0v) is 56.4. The Hall–Kier alpha value is -6.17. The number of aliphatic hydroxyl groups is 2. The molecule has 492 valence electrons. The number of carbonyl (C=O) groups is 11. The van der Waals surface area contributed by atoms with Crippen LogP contribution in [-0.4, -0.2) is 237 Å². The number of nitrogens with zero attached hydrogens (tertiary/aromatic N) is 7. The van der Waals surface area contributed by atoms with Crippen LogP contribution in [0.3, 0.4) is 0 Å². The molecule has 0 unspecified atom stereocenters. The number of likely N-dealkylation sites (N-methyl/N-ethyl adjacent to an activating group) is 7. The molecule has 0 saturated carbocycles. The summed E-state index contributed by atoms with van der Waals surface area (Å²) in [5.74, 6) is -10.3. The molecule has 0 aromatic heterocycles. The van der Waals surface area contributed by atoms with Crippen LogP contribution in [0.25, 0.3) is 0 Å². The van der Waals surface area contributed by atoms with Crippen LogP contribution < -0.4 is 21.3 Å². The van der Waals surface area contributed by atoms with Gasteiger partial charge in [0.15, 0.2) is 0 Å². The highest BCUT2D eigenvalue weighted by Crippen LogP contribution is 2.26. The SMILES string of the molecule is C/C=C/C[C@@H](C)[C@@H](O)[C@H]1C(=O)N[C@@H](CC)C(=O)N(C)CC(=O)N(C)[C@@H](CC(C)(C)O)C(=O)N[C@@H](C(C)C)C(=O)N(C)[C@@H](CC(C)C)C(=O)N[C@@H](C)C(=O)N[C@H](C)C(=O)N(C)[C@@H](CC(C)C)C(=O)N(C)[C@@H](CC(C)C)C(=O)N(C)[C@@H](C(C)C)C(=O)N1C. The minimum absolute atomic E-state index is 0.0135. The molecule has 86 heavy (non-hydrogen) atoms. The smallest absolute Gasteiger partial charge is 0.246 e. The standard InChI is InChI=1S/C62H111N11O13/c1-25-27-28-39(13)51(75)50-55(79)65-42(26-2)57(81)67(18)33-47(74)68(19)46(32-62(16,17)86)54(78)66-48(37(9)10)60(84)69(20)43(29-34(3)4)53(77)63-40(14)52(76)64-41(15)56(80)70(21)44(30-35(5)6)58(82)71(22)45(31-36(7)8)59(83)72(23)49(38(11)12)61(85)73(50)24/h25,27,34-46,48-51,75,86H,26,28-33H2,1-24H3,(H,63,77)(H,64,76)(H,65,79)(H,66,78)/b27-25+/t39-,40+,41-,42+,43+,44+,45+,46+,48+,49+,50+,51-/m1/s1. The molecular formula is C62H111N11O13. The van der Waals surface area contributed by atoms with Crippen LogP contribution in [0.1, 0.15) is 156 Å². The number of nitrogens with one attached hydrogen (secondary N) is 4. The fourth-order valence-electron chi connectivity index (χ4n) is 10.7. The van der Waals surface area contributed by atoms with Crippen LogP contribution in [0.5, 0.6) is 0 Å². The Labute approximate surface area is 513 Å². The highest BCUT2D eigenvalue weighted by molar-refractivity contribution is 5.99. The van der Waals surface area contributed by atoms with E-state index in [2.05, 4.69) is 21.3 Å². The zero-order valence-electron chi connectivity index (χ0n) is 56.4. The second-order valence-electron chi connectivity index (χ2n) is 26.5. The summed E-state index contributed by atoms with van der Waals surface area (Å²) in [6, 6.07) is -12.9. The van der Waals surface area contributed by atoms with E-state index in [1.807, 2.05) is 41.5 Å². The van der Waals surface area contributed by atoms with E-state index in [9.17, 15) is 53.4 Å². The van der Waals surface area contributed by atoms with E-state index in [1.54, 1.807) is 60.6 Å². The lowest BCUT2D eigenvalue weighted by atomic mass is 9.91. The highest BCUT2D eigenvalue weighted by atomic mass is 16.3. The molecule has 1 heterocycles. The monoisotopic (exact) mass is 1220 g/mol. The lowest BCUT2D eigenvalue weighted by Crippen LogP contribution is -2.63. The number of hydrogen-bond acceptors (Lipinski definition) is 13. The summed E-state index contributed by atoms with van der Waals surface area (Å²) in [5.41, 5.74) is -1.55. The minimum Gasteiger partial charge on any atom is -0.390 e. The largest absolute Gasteiger partial charge is 0.390 e. The van der Waals surface area contributed by atoms with Crippen molar-refractivity contribution >= 4 is 65.0 Å². The van der Waals surface area contributed by atoms with E-state index >= 15 is 9.59 Å². The van der Waals surface area contributed by atoms with Gasteiger partial charge in [0.2, 0.25) is 65.0 Å². The van der Waals surface area contributed by atoms with Gasteiger partial charge in [-0.1, -0.05) is 95.2 Å². The summed E-state index contributed by atoms with van der Waals surface area (Å²) >= 11 is 0. The van der Waals surface area contributed by atoms with Crippen molar-refractivity contribution in [3.63, 3.8) is 0 Å². The molecule has 0 aromatic carbocycles. The third kappa shape index (κ3) is 21.9. The molecule has 1 aliphatic rings. The van der Waals surface area contributed by atoms with E-state index in [0.717, 1.165) is 14.7 Å². The zero-order chi connectivity index (χ0) is 66.9. The average Bonchev–Trinajstić information content (AvgIpc) is 3.54. The number of rotatable bonds is 15. The quantitative estimate of drug-likeness (QED) is 0.129. The third-order valence-electron chi connectivity index (χ3n) is 16.1. The lowest BCUT2D eigenvalue weighted by molar-refractivity contribution is -0.157. The predicted octanol–water partition coefficient (Wildman–Crippen LogP) is 2.38. The van der Waals surface area contributed by atoms with Gasteiger partial charge < -0.3 is 65.8 Å². The van der Waals surface area contributed by atoms with Gasteiger partial charge in [-0.2, -0.15) is 0 Å². The van der Waals surface area contributed by atoms with Crippen LogP contribution in [-0.2, 0) is 52.7 Å². The number of carbonyl (C=O) groups excluding carboxylic acids is 11. The predicted molar refractivity (Wildman–Crippen MR) is 330 cm³/mol. The van der Waals surface area contributed by atoms with Crippen LogP contribution in [0.15, 0.2) is 12.2 Å². The first kappa shape index (κ1) is 77.8. The van der Waals surface area contributed by atoms with Crippen LogP contribution in [0.2, 0.25) is 0 Å². The van der Waals surface area contributed by atoms with E-state index in [1.165, 1.54) is 96.6 Å². The Kier molecular flexibility index (Phi) is 31.1. The molecule has 1 aliphatic heterocycles. The van der Waals surface area contributed by atoms with Crippen molar-refractivity contribution in [2.45, 2.75) is 228 Å². The number of amides is 11. The molecule has 11 amide bonds. The van der Waals surface area contributed by atoms with Crippen molar-refractivity contribution in [1.29, 1.82) is 0 Å². The maximum Gasteiger partial charge on any atom is 0.246 e. The van der Waals surface area contributed by atoms with Crippen LogP contribution in [0, 0.1) is 35.5 Å². The van der Waals surface area contributed by atoms with Crippen molar-refractivity contribution in [2.24, 2.45) is 35.5 Å². The molecule has 0 aromatic rings. The summed E-state index contributed by atoms with van der Waals surface area (Å²) in [5, 5.41) is 34.0. The molecule has 0 radical (unpaired) electrons. The van der Waals surface area contributed by atoms with Crippen molar-refractivity contribution in [3.8, 4) is 0 Å². The Morgan fingerprint density at radius 3 is 1.41 bits per heavy atom. The highest BCUT2D eigenvalue weighted by Gasteiger charge is 2.46. The lowest BCUT2D eigenvalue weighted by Gasteiger charge is -2.41. The summed E-state index contributed by atoms with van der Waals surface area (Å²) in [7, 11) is 9.67. The molecule has 0 bridgehead atoms. The van der Waals surface area contributed by atoms with Gasteiger partial charge in [0.1, 0.15) is 60.4 Å². The van der Waals surface area contributed by atoms with Crippen molar-refractivity contribution < 1.29 is 63.0 Å². The fourth-order valence-corrected chi connectivity index (χ4v) is 10.7. The Morgan fingerprint density at radius 1 is 0.512 bits per heavy atom. The van der Waals surface area contributed by atoms with Gasteiger partial charge in [0.05, 0.1) is 18.2 Å². The van der Waals surface area contributed by atoms with E-state index in [-0.39, 0.29) is 49.9 Å². The number of allylic oxidation sites excluding steroid dienone is 2. The summed E-state index contributed by atoms with van der Waals surface area (Å²) in [4.78, 5) is 168. The van der Waals surface area contributed by atoms with Gasteiger partial charge in [-0.15, -0.1) is 0 Å². The molecule has 24 nitrogen and oxygen atoms in total. The molecule has 0 aliphatic carbocycles. The third-order valence-corrected chi connectivity index (χ3v) is 16.1. The summed E-state index contributed by atoms with van der Waals surface area (Å²) < 4.78 is 0. The van der Waals surface area contributed by atoms with Gasteiger partial charge in [0, 0.05) is 55.8 Å². The van der Waals surface area contributed by atoms with Gasteiger partial charge in [-0.3, -0.25) is 52.7 Å². The van der Waals surface area contributed by atoms with E-state index < -0.39 is 161 Å². The number of hydrogen-bond donors (Lipinski definition) is 6. The maximum atomic E-state index is 15.1. The molecule has 0 spiro atoms. The second-order valence-corrected chi connectivity index (χ2v) is 26.5. The summed E-state index contributed by atoms with van der Waals surface area (Å²) in [6.45, 7) is 28.1. The minimum atomic E-state index is -1.64. The van der Waals surface area contributed by atoms with Crippen LogP contribution >= 0.6 is 0 Å². The fraction of sp³-hybridized carbons (Fsp3) is 0.790. The summed E-state index contributed by atoms with van der Waals surface area (Å²) in [6.07, 6.45) is 2.40. The Morgan fingerprint density at radius 2 is 0.953 bits per heavy atom. The van der Waals surface area contributed by atoms with Crippen molar-refractivity contribution in [1.82, 2.24) is 55.6 Å². The molecule has 24 heteroatoms. The van der Waals surface area contributed by atoms with Gasteiger partial charge in [-0.25, -0.2) is 0 Å². The normalized spacial score (nSPS) is 26.9. The molecular weight excluding hydrogens is 1110 g/mol. The van der Waals surface area contributed by atoms with E-state index in [0.29, 0.717) is 6.42 Å². The maximum absolute atomic E-state index is 15.1. The first-order valence-electron chi connectivity index (χ1n) is 30.6. The van der Waals surface area contributed by atoms with Gasteiger partial charge in [0.25, 0.3) is 0 Å². The first-order chi connectivity index (χ1) is 39.5. The van der Waals surface area contributed by atoms with Crippen LogP contribution in [0.4, 0.5) is 0 Å². The first-order valence-corrected chi connectivity index (χ1v) is 30.6. The Bertz CT molecular complexity index is 2370. The Balaban J connectivity index is 4.35. The second kappa shape index (κ2) is 34.4. The molecule has 1 fully saturated rings. The topological polar surface area (TPSA) is 299 Å². The molecule has 1 rings (SSSR count). The average molecular weight is 1220 g/mol. The van der Waals surface area contributed by atoms with Crippen molar-refractivity contribution in [3.05, 3.63) is 12.2 Å². The van der Waals surface area contributed by atoms with Gasteiger partial charge >= 0.3 is 0 Å².